The first-order chi connectivity index (χ1) is 13.7. The number of rotatable bonds is 7. The Balaban J connectivity index is 1.81. The van der Waals surface area contributed by atoms with E-state index in [1.165, 1.54) is 12.4 Å². The van der Waals surface area contributed by atoms with Gasteiger partial charge in [-0.1, -0.05) is 48.6 Å². The van der Waals surface area contributed by atoms with Crippen LogP contribution in [-0.4, -0.2) is 40.3 Å². The molecule has 1 aromatic heterocycles. The lowest BCUT2D eigenvalue weighted by atomic mass is 10.1. The van der Waals surface area contributed by atoms with Gasteiger partial charge >= 0.3 is 0 Å². The molecular formula is C21H23N3O4S. The number of carbonyl (C=O) groups excluding carboxylic acids is 1. The molecule has 0 aliphatic heterocycles. The zero-order valence-corrected chi connectivity index (χ0v) is 17.1. The molecule has 152 valence electrons. The van der Waals surface area contributed by atoms with Crippen LogP contribution in [0.3, 0.4) is 0 Å². The van der Waals surface area contributed by atoms with Crippen LogP contribution < -0.4 is 5.48 Å². The Hall–Kier alpha value is -2.97. The molecule has 0 unspecified atom stereocenters. The minimum atomic E-state index is -3.75. The summed E-state index contributed by atoms with van der Waals surface area (Å²) < 4.78 is 24.1. The van der Waals surface area contributed by atoms with Crippen LogP contribution >= 0.6 is 0 Å². The second-order valence-corrected chi connectivity index (χ2v) is 9.57. The third kappa shape index (κ3) is 4.38. The van der Waals surface area contributed by atoms with Gasteiger partial charge in [0.25, 0.3) is 5.91 Å². The van der Waals surface area contributed by atoms with Crippen molar-refractivity contribution in [2.45, 2.75) is 24.6 Å². The first-order valence-corrected chi connectivity index (χ1v) is 11.0. The van der Waals surface area contributed by atoms with E-state index in [0.29, 0.717) is 0 Å². The Morgan fingerprint density at radius 1 is 1.17 bits per heavy atom. The third-order valence-corrected chi connectivity index (χ3v) is 7.16. The van der Waals surface area contributed by atoms with Gasteiger partial charge in [0.05, 0.1) is 11.7 Å². The molecule has 0 fully saturated rings. The largest absolute Gasteiger partial charge is 0.289 e. The van der Waals surface area contributed by atoms with Gasteiger partial charge in [-0.15, -0.1) is 0 Å². The number of hydrogen-bond donors (Lipinski definition) is 2. The predicted octanol–water partition coefficient (Wildman–Crippen LogP) is 2.91. The molecule has 0 bridgehead atoms. The van der Waals surface area contributed by atoms with Gasteiger partial charge in [0.2, 0.25) is 0 Å². The zero-order valence-electron chi connectivity index (χ0n) is 16.2. The summed E-state index contributed by atoms with van der Waals surface area (Å²) in [5.74, 6) is -0.954. The molecule has 8 heteroatoms. The summed E-state index contributed by atoms with van der Waals surface area (Å²) in [6.45, 7) is 1.51. The van der Waals surface area contributed by atoms with Crippen molar-refractivity contribution in [3.05, 3.63) is 65.9 Å². The molecule has 1 heterocycles. The first kappa shape index (κ1) is 20.8. The standard InChI is InChI=1S/C21H23N3O4S/c1-21(20(25)23-26,29(2,27)28)12-13-24-19-11-10-17(14-18(19)15-22-24)9-8-16-6-4-3-5-7-16/h3-11,14-15,26H,12-13H2,1-2H3,(H,23,25)/t21-/m1/s1. The number of benzene rings is 2. The number of amides is 1. The van der Waals surface area contributed by atoms with E-state index in [9.17, 15) is 13.2 Å². The number of hydroxylamine groups is 1. The second kappa shape index (κ2) is 8.18. The molecule has 0 saturated heterocycles. The van der Waals surface area contributed by atoms with Crippen molar-refractivity contribution in [1.29, 1.82) is 0 Å². The van der Waals surface area contributed by atoms with Crippen molar-refractivity contribution in [2.24, 2.45) is 0 Å². The van der Waals surface area contributed by atoms with Crippen LogP contribution in [0, 0.1) is 0 Å². The number of sulfone groups is 1. The highest BCUT2D eigenvalue weighted by molar-refractivity contribution is 7.92. The van der Waals surface area contributed by atoms with Crippen molar-refractivity contribution in [3.8, 4) is 0 Å². The summed E-state index contributed by atoms with van der Waals surface area (Å²) in [5.41, 5.74) is 4.41. The summed E-state index contributed by atoms with van der Waals surface area (Å²) in [4.78, 5) is 12.0. The molecule has 2 N–H and O–H groups in total. The highest BCUT2D eigenvalue weighted by Gasteiger charge is 2.43. The fourth-order valence-electron chi connectivity index (χ4n) is 3.05. The van der Waals surface area contributed by atoms with Gasteiger partial charge in [0.1, 0.15) is 0 Å². The Labute approximate surface area is 169 Å². The van der Waals surface area contributed by atoms with Gasteiger partial charge in [-0.3, -0.25) is 14.7 Å². The number of nitrogens with one attached hydrogen (secondary N) is 1. The zero-order chi connectivity index (χ0) is 21.1. The minimum Gasteiger partial charge on any atom is -0.289 e. The fourth-order valence-corrected chi connectivity index (χ4v) is 3.89. The average Bonchev–Trinajstić information content (AvgIpc) is 3.12. The lowest BCUT2D eigenvalue weighted by molar-refractivity contribution is -0.131. The Kier molecular flexibility index (Phi) is 5.86. The van der Waals surface area contributed by atoms with Crippen molar-refractivity contribution >= 4 is 38.8 Å². The monoisotopic (exact) mass is 413 g/mol. The summed E-state index contributed by atoms with van der Waals surface area (Å²) >= 11 is 0. The van der Waals surface area contributed by atoms with Crippen LogP contribution in [0.15, 0.2) is 54.7 Å². The maximum absolute atomic E-state index is 12.1. The van der Waals surface area contributed by atoms with Gasteiger partial charge in [0.15, 0.2) is 14.6 Å². The first-order valence-electron chi connectivity index (χ1n) is 9.07. The molecule has 2 aromatic carbocycles. The molecule has 0 radical (unpaired) electrons. The molecule has 1 amide bonds. The number of fused-ring (bicyclic) bond motifs is 1. The molecule has 29 heavy (non-hydrogen) atoms. The fraction of sp³-hybridized carbons (Fsp3) is 0.238. The van der Waals surface area contributed by atoms with Gasteiger partial charge in [-0.2, -0.15) is 5.10 Å². The van der Waals surface area contributed by atoms with E-state index in [1.807, 2.05) is 60.7 Å². The van der Waals surface area contributed by atoms with Crippen LogP contribution in [0.1, 0.15) is 24.5 Å². The number of nitrogens with zero attached hydrogens (tertiary/aromatic N) is 2. The topological polar surface area (TPSA) is 101 Å². The lowest BCUT2D eigenvalue weighted by Gasteiger charge is -2.25. The third-order valence-electron chi connectivity index (χ3n) is 5.13. The molecule has 7 nitrogen and oxygen atoms in total. The van der Waals surface area contributed by atoms with E-state index in [2.05, 4.69) is 5.10 Å². The Morgan fingerprint density at radius 2 is 1.86 bits per heavy atom. The smallest absolute Gasteiger partial charge is 0.264 e. The molecule has 3 rings (SSSR count). The number of aromatic nitrogens is 2. The minimum absolute atomic E-state index is 0.0231. The molecule has 1 atom stereocenters. The quantitative estimate of drug-likeness (QED) is 0.352. The SMILES string of the molecule is C[C@@](CCn1ncc2cc(C=Cc3ccccc3)ccc21)(C(=O)NO)S(C)(=O)=O. The Bertz CT molecular complexity index is 1150. The molecule has 0 aliphatic rings. The summed E-state index contributed by atoms with van der Waals surface area (Å²) in [6.07, 6.45) is 6.70. The van der Waals surface area contributed by atoms with E-state index in [-0.39, 0.29) is 13.0 Å². The maximum atomic E-state index is 12.1. The van der Waals surface area contributed by atoms with Crippen LogP contribution in [0.25, 0.3) is 23.1 Å². The van der Waals surface area contributed by atoms with E-state index in [4.69, 9.17) is 5.21 Å². The van der Waals surface area contributed by atoms with Crippen LogP contribution in [0.4, 0.5) is 0 Å². The molecular weight excluding hydrogens is 390 g/mol. The second-order valence-electron chi connectivity index (χ2n) is 7.12. The highest BCUT2D eigenvalue weighted by atomic mass is 32.2. The van der Waals surface area contributed by atoms with Gasteiger partial charge in [-0.05, 0) is 36.6 Å². The van der Waals surface area contributed by atoms with E-state index in [1.54, 1.807) is 10.9 Å². The number of hydrogen-bond acceptors (Lipinski definition) is 5. The van der Waals surface area contributed by atoms with E-state index >= 15 is 0 Å². The molecule has 3 aromatic rings. The van der Waals surface area contributed by atoms with Gasteiger partial charge < -0.3 is 0 Å². The van der Waals surface area contributed by atoms with Crippen LogP contribution in [0.5, 0.6) is 0 Å². The summed E-state index contributed by atoms with van der Waals surface area (Å²) in [7, 11) is -3.75. The highest BCUT2D eigenvalue weighted by Crippen LogP contribution is 2.24. The Morgan fingerprint density at radius 3 is 2.52 bits per heavy atom. The van der Waals surface area contributed by atoms with Crippen molar-refractivity contribution in [3.63, 3.8) is 0 Å². The van der Waals surface area contributed by atoms with E-state index < -0.39 is 20.5 Å². The van der Waals surface area contributed by atoms with Gasteiger partial charge in [0, 0.05) is 18.2 Å². The van der Waals surface area contributed by atoms with Crippen LogP contribution in [0.2, 0.25) is 0 Å². The van der Waals surface area contributed by atoms with Crippen molar-refractivity contribution in [1.82, 2.24) is 15.3 Å². The van der Waals surface area contributed by atoms with Crippen LogP contribution in [-0.2, 0) is 21.2 Å². The molecule has 0 spiro atoms. The molecule has 0 aliphatic carbocycles. The predicted molar refractivity (Wildman–Crippen MR) is 113 cm³/mol. The summed E-state index contributed by atoms with van der Waals surface area (Å²) in [5, 5.41) is 14.2. The molecule has 0 saturated carbocycles. The van der Waals surface area contributed by atoms with Gasteiger partial charge in [-0.25, -0.2) is 13.9 Å². The number of aryl methyl sites for hydroxylation is 1. The van der Waals surface area contributed by atoms with Crippen molar-refractivity contribution in [2.75, 3.05) is 6.26 Å². The average molecular weight is 413 g/mol. The normalized spacial score (nSPS) is 14.2. The lowest BCUT2D eigenvalue weighted by Crippen LogP contribution is -2.49. The van der Waals surface area contributed by atoms with Crippen molar-refractivity contribution < 1.29 is 18.4 Å². The number of carbonyl (C=O) groups is 1. The summed E-state index contributed by atoms with van der Waals surface area (Å²) in [6, 6.07) is 15.8. The van der Waals surface area contributed by atoms with E-state index in [0.717, 1.165) is 28.3 Å². The maximum Gasteiger partial charge on any atom is 0.264 e.